The number of rotatable bonds is 8. The van der Waals surface area contributed by atoms with Gasteiger partial charge in [-0.25, -0.2) is 0 Å². The van der Waals surface area contributed by atoms with Crippen LogP contribution in [-0.4, -0.2) is 28.9 Å². The lowest BCUT2D eigenvalue weighted by Crippen LogP contribution is -2.26. The molecule has 0 rings (SSSR count). The minimum Gasteiger partial charge on any atom is -0.481 e. The second kappa shape index (κ2) is 8.47. The van der Waals surface area contributed by atoms with Gasteiger partial charge in [-0.3, -0.25) is 9.59 Å². The van der Waals surface area contributed by atoms with Gasteiger partial charge in [0.1, 0.15) is 0 Å². The minimum atomic E-state index is -0.772. The molecular formula is C10H16BrNO3. The van der Waals surface area contributed by atoms with E-state index < -0.39 is 5.97 Å². The number of carbonyl (C=O) groups is 2. The molecule has 86 valence electrons. The molecule has 0 aromatic carbocycles. The van der Waals surface area contributed by atoms with Crippen molar-refractivity contribution in [1.82, 2.24) is 5.32 Å². The van der Waals surface area contributed by atoms with E-state index in [1.54, 1.807) is 0 Å². The van der Waals surface area contributed by atoms with Gasteiger partial charge in [0, 0.05) is 23.9 Å². The van der Waals surface area contributed by atoms with Crippen LogP contribution in [0.25, 0.3) is 0 Å². The first-order chi connectivity index (χ1) is 7.07. The van der Waals surface area contributed by atoms with Gasteiger partial charge in [-0.1, -0.05) is 28.9 Å². The van der Waals surface area contributed by atoms with Crippen molar-refractivity contribution in [2.75, 3.05) is 11.9 Å². The van der Waals surface area contributed by atoms with E-state index in [4.69, 9.17) is 5.11 Å². The van der Waals surface area contributed by atoms with Gasteiger partial charge in [0.25, 0.3) is 0 Å². The van der Waals surface area contributed by atoms with Crippen LogP contribution in [0.2, 0.25) is 0 Å². The molecule has 0 unspecified atom stereocenters. The van der Waals surface area contributed by atoms with Gasteiger partial charge < -0.3 is 10.4 Å². The van der Waals surface area contributed by atoms with E-state index in [0.717, 1.165) is 12.8 Å². The highest BCUT2D eigenvalue weighted by Crippen LogP contribution is 2.00. The monoisotopic (exact) mass is 277 g/mol. The summed E-state index contributed by atoms with van der Waals surface area (Å²) in [7, 11) is 0. The van der Waals surface area contributed by atoms with Crippen molar-refractivity contribution in [3.05, 3.63) is 12.2 Å². The topological polar surface area (TPSA) is 66.4 Å². The molecule has 0 aromatic rings. The number of alkyl halides is 1. The molecule has 0 atom stereocenters. The summed E-state index contributed by atoms with van der Waals surface area (Å²) < 4.78 is 0. The van der Waals surface area contributed by atoms with Crippen molar-refractivity contribution < 1.29 is 14.7 Å². The van der Waals surface area contributed by atoms with Gasteiger partial charge >= 0.3 is 5.97 Å². The highest BCUT2D eigenvalue weighted by atomic mass is 79.9. The number of amides is 1. The van der Waals surface area contributed by atoms with E-state index in [2.05, 4.69) is 27.8 Å². The molecule has 4 nitrogen and oxygen atoms in total. The standard InChI is InChI=1S/C10H16BrNO3/c1-8(7-11)10(15)12-6-4-2-3-5-9(13)14/h1-7H2,(H,12,15)(H,13,14). The summed E-state index contributed by atoms with van der Waals surface area (Å²) in [5.41, 5.74) is 0.500. The summed E-state index contributed by atoms with van der Waals surface area (Å²) in [6, 6.07) is 0. The van der Waals surface area contributed by atoms with Crippen LogP contribution >= 0.6 is 15.9 Å². The third-order valence-corrected chi connectivity index (χ3v) is 2.51. The van der Waals surface area contributed by atoms with Crippen molar-refractivity contribution in [2.24, 2.45) is 0 Å². The van der Waals surface area contributed by atoms with Crippen LogP contribution in [0, 0.1) is 0 Å². The number of carboxylic acid groups (broad SMARTS) is 1. The Morgan fingerprint density at radius 2 is 1.93 bits per heavy atom. The zero-order valence-electron chi connectivity index (χ0n) is 8.59. The maximum atomic E-state index is 11.2. The Morgan fingerprint density at radius 3 is 2.47 bits per heavy atom. The highest BCUT2D eigenvalue weighted by Gasteiger charge is 2.03. The van der Waals surface area contributed by atoms with Gasteiger partial charge in [0.15, 0.2) is 0 Å². The Morgan fingerprint density at radius 1 is 1.27 bits per heavy atom. The summed E-state index contributed by atoms with van der Waals surface area (Å²) in [5, 5.41) is 11.6. The maximum Gasteiger partial charge on any atom is 0.303 e. The van der Waals surface area contributed by atoms with Crippen molar-refractivity contribution in [2.45, 2.75) is 25.7 Å². The average Bonchev–Trinajstić information content (AvgIpc) is 2.21. The predicted octanol–water partition coefficient (Wildman–Crippen LogP) is 1.70. The molecule has 0 radical (unpaired) electrons. The van der Waals surface area contributed by atoms with Crippen molar-refractivity contribution in [3.63, 3.8) is 0 Å². The van der Waals surface area contributed by atoms with E-state index in [0.29, 0.717) is 23.9 Å². The van der Waals surface area contributed by atoms with Gasteiger partial charge in [-0.2, -0.15) is 0 Å². The van der Waals surface area contributed by atoms with E-state index in [1.165, 1.54) is 0 Å². The molecule has 0 aromatic heterocycles. The normalized spacial score (nSPS) is 9.67. The summed E-state index contributed by atoms with van der Waals surface area (Å²) in [5.74, 6) is -0.920. The summed E-state index contributed by atoms with van der Waals surface area (Å²) in [6.07, 6.45) is 2.47. The molecule has 2 N–H and O–H groups in total. The van der Waals surface area contributed by atoms with Crippen molar-refractivity contribution >= 4 is 27.8 Å². The smallest absolute Gasteiger partial charge is 0.303 e. The fourth-order valence-corrected chi connectivity index (χ4v) is 1.22. The van der Waals surface area contributed by atoms with Crippen molar-refractivity contribution in [3.8, 4) is 0 Å². The zero-order chi connectivity index (χ0) is 11.7. The lowest BCUT2D eigenvalue weighted by atomic mass is 10.2. The van der Waals surface area contributed by atoms with Crippen LogP contribution in [0.5, 0.6) is 0 Å². The first-order valence-corrected chi connectivity index (χ1v) is 5.93. The number of carbonyl (C=O) groups excluding carboxylic acids is 1. The number of carboxylic acids is 1. The largest absolute Gasteiger partial charge is 0.481 e. The lowest BCUT2D eigenvalue weighted by Gasteiger charge is -2.04. The molecule has 0 saturated heterocycles. The van der Waals surface area contributed by atoms with Crippen LogP contribution in [-0.2, 0) is 9.59 Å². The molecule has 0 aliphatic heterocycles. The highest BCUT2D eigenvalue weighted by molar-refractivity contribution is 9.09. The summed E-state index contributed by atoms with van der Waals surface area (Å²) in [6.45, 7) is 4.15. The predicted molar refractivity (Wildman–Crippen MR) is 62.0 cm³/mol. The van der Waals surface area contributed by atoms with Crippen LogP contribution in [0.3, 0.4) is 0 Å². The molecule has 0 aliphatic carbocycles. The van der Waals surface area contributed by atoms with E-state index in [1.807, 2.05) is 0 Å². The van der Waals surface area contributed by atoms with Crippen LogP contribution in [0.1, 0.15) is 25.7 Å². The van der Waals surface area contributed by atoms with Crippen LogP contribution < -0.4 is 5.32 Å². The molecule has 0 bridgehead atoms. The van der Waals surface area contributed by atoms with E-state index in [9.17, 15) is 9.59 Å². The lowest BCUT2D eigenvalue weighted by molar-refractivity contribution is -0.137. The molecule has 0 fully saturated rings. The molecule has 1 amide bonds. The molecular weight excluding hydrogens is 262 g/mol. The Labute approximate surface area is 97.9 Å². The van der Waals surface area contributed by atoms with Gasteiger partial charge in [-0.05, 0) is 12.8 Å². The zero-order valence-corrected chi connectivity index (χ0v) is 10.2. The molecule has 0 aliphatic rings. The quantitative estimate of drug-likeness (QED) is 0.403. The molecule has 0 saturated carbocycles. The number of nitrogens with one attached hydrogen (secondary N) is 1. The Bertz CT molecular complexity index is 241. The second-order valence-electron chi connectivity index (χ2n) is 3.20. The fourth-order valence-electron chi connectivity index (χ4n) is 0.966. The number of hydrogen-bond acceptors (Lipinski definition) is 2. The Kier molecular flexibility index (Phi) is 7.99. The molecule has 15 heavy (non-hydrogen) atoms. The Hall–Kier alpha value is -0.840. The third-order valence-electron chi connectivity index (χ3n) is 1.84. The van der Waals surface area contributed by atoms with E-state index in [-0.39, 0.29) is 12.3 Å². The Balaban J connectivity index is 3.35. The SMILES string of the molecule is C=C(CBr)C(=O)NCCCCCC(=O)O. The number of halogens is 1. The fraction of sp³-hybridized carbons (Fsp3) is 0.600. The first kappa shape index (κ1) is 14.2. The van der Waals surface area contributed by atoms with Gasteiger partial charge in [-0.15, -0.1) is 0 Å². The third kappa shape index (κ3) is 8.17. The second-order valence-corrected chi connectivity index (χ2v) is 3.76. The molecule has 0 spiro atoms. The average molecular weight is 278 g/mol. The first-order valence-electron chi connectivity index (χ1n) is 4.81. The molecule has 5 heteroatoms. The number of unbranched alkanes of at least 4 members (excludes halogenated alkanes) is 2. The number of aliphatic carboxylic acids is 1. The van der Waals surface area contributed by atoms with E-state index >= 15 is 0 Å². The molecule has 0 heterocycles. The maximum absolute atomic E-state index is 11.2. The van der Waals surface area contributed by atoms with Crippen molar-refractivity contribution in [1.29, 1.82) is 0 Å². The summed E-state index contributed by atoms with van der Waals surface area (Å²) in [4.78, 5) is 21.4. The van der Waals surface area contributed by atoms with Crippen LogP contribution in [0.15, 0.2) is 12.2 Å². The van der Waals surface area contributed by atoms with Gasteiger partial charge in [0.05, 0.1) is 0 Å². The van der Waals surface area contributed by atoms with Gasteiger partial charge in [0.2, 0.25) is 5.91 Å². The van der Waals surface area contributed by atoms with Crippen LogP contribution in [0.4, 0.5) is 0 Å². The number of hydrogen-bond donors (Lipinski definition) is 2. The minimum absolute atomic E-state index is 0.148. The summed E-state index contributed by atoms with van der Waals surface area (Å²) >= 11 is 3.14.